The first-order chi connectivity index (χ1) is 15.8. The number of hydrogen-bond donors (Lipinski definition) is 3. The van der Waals surface area contributed by atoms with Gasteiger partial charge in [-0.3, -0.25) is 5.41 Å². The Labute approximate surface area is 196 Å². The lowest BCUT2D eigenvalue weighted by Gasteiger charge is -2.19. The van der Waals surface area contributed by atoms with Crippen molar-refractivity contribution in [3.05, 3.63) is 76.9 Å². The van der Waals surface area contributed by atoms with Gasteiger partial charge in [-0.15, -0.1) is 0 Å². The van der Waals surface area contributed by atoms with Crippen LogP contribution in [0.25, 0.3) is 5.57 Å². The van der Waals surface area contributed by atoms with Gasteiger partial charge in [-0.1, -0.05) is 37.3 Å². The average molecular weight is 465 g/mol. The monoisotopic (exact) mass is 464 g/mol. The van der Waals surface area contributed by atoms with Crippen LogP contribution in [0.15, 0.2) is 59.6 Å². The fraction of sp³-hybridized carbons (Fsp3) is 0.308. The van der Waals surface area contributed by atoms with Gasteiger partial charge < -0.3 is 10.5 Å². The molecule has 0 radical (unpaired) electrons. The largest absolute Gasteiger partial charge is 0.505 e. The molecule has 4 N–H and O–H groups in total. The summed E-state index contributed by atoms with van der Waals surface area (Å²) in [5.41, 5.74) is 13.2. The molecule has 2 aromatic rings. The van der Waals surface area contributed by atoms with Crippen molar-refractivity contribution < 1.29 is 14.2 Å². The van der Waals surface area contributed by atoms with E-state index in [1.165, 1.54) is 11.1 Å². The summed E-state index contributed by atoms with van der Waals surface area (Å²) in [5, 5.41) is 8.41. The van der Waals surface area contributed by atoms with Gasteiger partial charge in [0.1, 0.15) is 17.3 Å². The molecule has 1 unspecified atom stereocenters. The fourth-order valence-electron chi connectivity index (χ4n) is 3.73. The molecule has 0 saturated carbocycles. The molecule has 0 bridgehead atoms. The first kappa shape index (κ1) is 24.6. The van der Waals surface area contributed by atoms with Crippen LogP contribution in [0, 0.1) is 12.3 Å². The lowest BCUT2D eigenvalue weighted by atomic mass is 9.91. The Morgan fingerprint density at radius 1 is 1.30 bits per heavy atom. The van der Waals surface area contributed by atoms with E-state index in [1.807, 2.05) is 43.3 Å². The number of allylic oxidation sites excluding steroid dienone is 2. The number of fused-ring (bicyclic) bond motifs is 1. The predicted octanol–water partition coefficient (Wildman–Crippen LogP) is 5.66. The standard InChI is InChI=1S/C26H30N3O3P/c1-4-19-7-11-22-23(25(27)26(28)29-24(22)16-19)14-17(2)6-8-20-9-10-21(15-18(20)3)32-12-5-13-33(30)31/h7,9-11,14-16,27H,2,4-6,8,12-13H2,1,3H3,(H2-,28,29,30,31)/p+1/b23-14-,27-25?. The number of aryl methyl sites for hydroxylation is 3. The van der Waals surface area contributed by atoms with Gasteiger partial charge >= 0.3 is 8.03 Å². The highest BCUT2D eigenvalue weighted by Crippen LogP contribution is 2.33. The van der Waals surface area contributed by atoms with Crippen molar-refractivity contribution in [1.29, 1.82) is 5.41 Å². The minimum atomic E-state index is -2.10. The van der Waals surface area contributed by atoms with Crippen LogP contribution in [-0.4, -0.2) is 29.2 Å². The van der Waals surface area contributed by atoms with E-state index < -0.39 is 8.03 Å². The van der Waals surface area contributed by atoms with E-state index in [4.69, 9.17) is 20.8 Å². The molecule has 33 heavy (non-hydrogen) atoms. The Morgan fingerprint density at radius 3 is 2.79 bits per heavy atom. The zero-order valence-corrected chi connectivity index (χ0v) is 20.1. The topological polar surface area (TPSA) is 109 Å². The molecular formula is C26H31N3O3P+. The van der Waals surface area contributed by atoms with Gasteiger partial charge in [0.15, 0.2) is 6.16 Å². The molecule has 172 valence electrons. The zero-order valence-electron chi connectivity index (χ0n) is 19.2. The molecule has 0 saturated heterocycles. The number of nitrogens with zero attached hydrogens (tertiary/aromatic N) is 1. The number of rotatable bonds is 10. The van der Waals surface area contributed by atoms with Gasteiger partial charge in [0.25, 0.3) is 0 Å². The van der Waals surface area contributed by atoms with Gasteiger partial charge in [-0.25, -0.2) is 4.99 Å². The number of nitrogens with one attached hydrogen (secondary N) is 1. The second-order valence-corrected chi connectivity index (χ2v) is 9.31. The zero-order chi connectivity index (χ0) is 24.0. The third kappa shape index (κ3) is 6.47. The van der Waals surface area contributed by atoms with E-state index in [1.54, 1.807) is 0 Å². The normalized spacial score (nSPS) is 14.6. The van der Waals surface area contributed by atoms with Crippen LogP contribution in [0.5, 0.6) is 5.75 Å². The molecule has 1 atom stereocenters. The molecule has 2 aromatic carbocycles. The average Bonchev–Trinajstić information content (AvgIpc) is 2.78. The second kappa shape index (κ2) is 11.2. The predicted molar refractivity (Wildman–Crippen MR) is 136 cm³/mol. The minimum Gasteiger partial charge on any atom is -0.493 e. The highest BCUT2D eigenvalue weighted by atomic mass is 31.1. The van der Waals surface area contributed by atoms with Crippen molar-refractivity contribution in [2.45, 2.75) is 39.5 Å². The van der Waals surface area contributed by atoms with Crippen molar-refractivity contribution >= 4 is 30.8 Å². The van der Waals surface area contributed by atoms with Crippen LogP contribution in [0.1, 0.15) is 42.0 Å². The van der Waals surface area contributed by atoms with Crippen molar-refractivity contribution in [3.63, 3.8) is 0 Å². The van der Waals surface area contributed by atoms with Crippen LogP contribution in [-0.2, 0) is 17.4 Å². The van der Waals surface area contributed by atoms with Gasteiger partial charge in [-0.2, -0.15) is 4.89 Å². The minimum absolute atomic E-state index is 0.229. The molecule has 1 heterocycles. The first-order valence-corrected chi connectivity index (χ1v) is 12.5. The summed E-state index contributed by atoms with van der Waals surface area (Å²) in [6.07, 6.45) is 5.24. The summed E-state index contributed by atoms with van der Waals surface area (Å²) in [6.45, 7) is 8.78. The van der Waals surface area contributed by atoms with Gasteiger partial charge in [0, 0.05) is 17.6 Å². The van der Waals surface area contributed by atoms with Gasteiger partial charge in [0.2, 0.25) is 0 Å². The second-order valence-electron chi connectivity index (χ2n) is 8.16. The van der Waals surface area contributed by atoms with Crippen molar-refractivity contribution in [2.24, 2.45) is 10.7 Å². The quantitative estimate of drug-likeness (QED) is 0.312. The van der Waals surface area contributed by atoms with E-state index in [0.29, 0.717) is 13.0 Å². The third-order valence-electron chi connectivity index (χ3n) is 5.67. The molecule has 1 aliphatic heterocycles. The summed E-state index contributed by atoms with van der Waals surface area (Å²) >= 11 is 0. The van der Waals surface area contributed by atoms with E-state index in [9.17, 15) is 4.57 Å². The number of aliphatic imine (C=N–C) groups is 1. The van der Waals surface area contributed by atoms with E-state index >= 15 is 0 Å². The van der Waals surface area contributed by atoms with Crippen molar-refractivity contribution in [2.75, 3.05) is 12.8 Å². The van der Waals surface area contributed by atoms with Gasteiger partial charge in [-0.05, 0) is 71.7 Å². The molecule has 0 aromatic heterocycles. The Bertz CT molecular complexity index is 1150. The molecule has 0 amide bonds. The fourth-order valence-corrected chi connectivity index (χ4v) is 4.13. The van der Waals surface area contributed by atoms with Crippen LogP contribution < -0.4 is 10.5 Å². The summed E-state index contributed by atoms with van der Waals surface area (Å²) < 4.78 is 16.4. The first-order valence-electron chi connectivity index (χ1n) is 11.1. The van der Waals surface area contributed by atoms with Crippen molar-refractivity contribution in [3.8, 4) is 5.75 Å². The van der Waals surface area contributed by atoms with Crippen LogP contribution in [0.2, 0.25) is 0 Å². The third-order valence-corrected chi connectivity index (χ3v) is 6.37. The van der Waals surface area contributed by atoms with Crippen molar-refractivity contribution in [1.82, 2.24) is 0 Å². The van der Waals surface area contributed by atoms with E-state index in [2.05, 4.69) is 24.6 Å². The number of benzene rings is 2. The van der Waals surface area contributed by atoms with Crippen LogP contribution in [0.4, 0.5) is 5.69 Å². The summed E-state index contributed by atoms with van der Waals surface area (Å²) in [5.74, 6) is 0.992. The Hall–Kier alpha value is -3.08. The molecule has 0 aliphatic carbocycles. The molecule has 6 nitrogen and oxygen atoms in total. The van der Waals surface area contributed by atoms with E-state index in [-0.39, 0.29) is 17.7 Å². The molecular weight excluding hydrogens is 433 g/mol. The Morgan fingerprint density at radius 2 is 2.09 bits per heavy atom. The number of nitrogens with two attached hydrogens (primary N) is 1. The maximum Gasteiger partial charge on any atom is 0.505 e. The summed E-state index contributed by atoms with van der Waals surface area (Å²) in [4.78, 5) is 13.3. The number of ether oxygens (including phenoxy) is 1. The lowest BCUT2D eigenvalue weighted by Crippen LogP contribution is -2.26. The Balaban J connectivity index is 1.66. The lowest BCUT2D eigenvalue weighted by molar-refractivity contribution is 0.316. The van der Waals surface area contributed by atoms with Crippen LogP contribution >= 0.6 is 8.03 Å². The number of hydrogen-bond acceptors (Lipinski definition) is 5. The maximum atomic E-state index is 10.7. The Kier molecular flexibility index (Phi) is 8.32. The summed E-state index contributed by atoms with van der Waals surface area (Å²) in [7, 11) is -2.10. The number of amidine groups is 1. The molecule has 0 spiro atoms. The molecule has 3 rings (SSSR count). The van der Waals surface area contributed by atoms with E-state index in [0.717, 1.165) is 53.0 Å². The summed E-state index contributed by atoms with van der Waals surface area (Å²) in [6, 6.07) is 12.1. The maximum absolute atomic E-state index is 10.7. The van der Waals surface area contributed by atoms with Crippen LogP contribution in [0.3, 0.4) is 0 Å². The molecule has 1 aliphatic rings. The van der Waals surface area contributed by atoms with Gasteiger partial charge in [0.05, 0.1) is 12.3 Å². The highest BCUT2D eigenvalue weighted by molar-refractivity contribution is 7.37. The smallest absolute Gasteiger partial charge is 0.493 e. The highest BCUT2D eigenvalue weighted by Gasteiger charge is 2.21. The molecule has 0 fully saturated rings. The molecule has 7 heteroatoms. The SMILES string of the molecule is C=C(/C=C1\C(=N)C(N)=Nc2cc(CC)ccc21)CCc1ccc(OCCC[P+](=O)O)cc1C.